The standard InChI is InChI=1S/C18H30N2O2S/c1-3-18-11-6-7-13-20(18)14-8-12-19-23(21,22)15-17-10-5-4-9-16(17)2/h4-5,9-10,18-19H,3,6-8,11-15H2,1-2H3/t18-/m0/s1. The van der Waals surface area contributed by atoms with Gasteiger partial charge >= 0.3 is 0 Å². The lowest BCUT2D eigenvalue weighted by molar-refractivity contribution is 0.143. The van der Waals surface area contributed by atoms with Crippen LogP contribution in [0.3, 0.4) is 0 Å². The summed E-state index contributed by atoms with van der Waals surface area (Å²) in [5.74, 6) is 0.0704. The number of sulfonamides is 1. The van der Waals surface area contributed by atoms with Crippen molar-refractivity contribution in [2.45, 2.75) is 57.7 Å². The van der Waals surface area contributed by atoms with Gasteiger partial charge in [-0.2, -0.15) is 0 Å². The second-order valence-electron chi connectivity index (χ2n) is 6.53. The lowest BCUT2D eigenvalue weighted by Gasteiger charge is -2.35. The topological polar surface area (TPSA) is 49.4 Å². The van der Waals surface area contributed by atoms with Crippen LogP contribution in [0.1, 0.15) is 50.2 Å². The molecule has 2 rings (SSSR count). The molecule has 0 radical (unpaired) electrons. The zero-order chi connectivity index (χ0) is 16.7. The first-order chi connectivity index (χ1) is 11.0. The Hall–Kier alpha value is -0.910. The minimum absolute atomic E-state index is 0.0704. The van der Waals surface area contributed by atoms with Gasteiger partial charge in [-0.05, 0) is 56.8 Å². The van der Waals surface area contributed by atoms with Crippen LogP contribution in [0.2, 0.25) is 0 Å². The number of benzene rings is 1. The molecular formula is C18H30N2O2S. The lowest BCUT2D eigenvalue weighted by Crippen LogP contribution is -2.40. The molecule has 5 heteroatoms. The quantitative estimate of drug-likeness (QED) is 0.741. The van der Waals surface area contributed by atoms with E-state index >= 15 is 0 Å². The average Bonchev–Trinajstić information content (AvgIpc) is 2.54. The summed E-state index contributed by atoms with van der Waals surface area (Å²) in [6.45, 7) is 6.88. The van der Waals surface area contributed by atoms with Gasteiger partial charge < -0.3 is 4.90 Å². The minimum atomic E-state index is -3.25. The van der Waals surface area contributed by atoms with Crippen molar-refractivity contribution < 1.29 is 8.42 Å². The average molecular weight is 339 g/mol. The molecule has 0 amide bonds. The molecule has 0 unspecified atom stereocenters. The van der Waals surface area contributed by atoms with Crippen molar-refractivity contribution in [3.8, 4) is 0 Å². The third-order valence-corrected chi connectivity index (χ3v) is 6.11. The van der Waals surface area contributed by atoms with E-state index in [2.05, 4.69) is 16.5 Å². The van der Waals surface area contributed by atoms with Gasteiger partial charge in [0.25, 0.3) is 0 Å². The summed E-state index contributed by atoms with van der Waals surface area (Å²) in [4.78, 5) is 2.53. The Morgan fingerprint density at radius 2 is 2.04 bits per heavy atom. The third kappa shape index (κ3) is 5.90. The van der Waals surface area contributed by atoms with Crippen LogP contribution in [0, 0.1) is 6.92 Å². The van der Waals surface area contributed by atoms with Crippen molar-refractivity contribution in [2.75, 3.05) is 19.6 Å². The van der Waals surface area contributed by atoms with E-state index in [1.54, 1.807) is 0 Å². The van der Waals surface area contributed by atoms with Gasteiger partial charge in [0.1, 0.15) is 0 Å². The first-order valence-corrected chi connectivity index (χ1v) is 10.4. The van der Waals surface area contributed by atoms with Gasteiger partial charge in [-0.15, -0.1) is 0 Å². The van der Waals surface area contributed by atoms with E-state index in [4.69, 9.17) is 0 Å². The summed E-state index contributed by atoms with van der Waals surface area (Å²) >= 11 is 0. The number of hydrogen-bond donors (Lipinski definition) is 1. The second-order valence-corrected chi connectivity index (χ2v) is 8.33. The molecule has 130 valence electrons. The first-order valence-electron chi connectivity index (χ1n) is 8.77. The van der Waals surface area contributed by atoms with Gasteiger partial charge in [0.15, 0.2) is 0 Å². The van der Waals surface area contributed by atoms with Gasteiger partial charge in [0, 0.05) is 12.6 Å². The summed E-state index contributed by atoms with van der Waals surface area (Å²) in [5.41, 5.74) is 1.90. The highest BCUT2D eigenvalue weighted by molar-refractivity contribution is 7.88. The molecule has 1 aliphatic heterocycles. The minimum Gasteiger partial charge on any atom is -0.300 e. The molecule has 0 spiro atoms. The molecule has 0 saturated carbocycles. The molecular weight excluding hydrogens is 308 g/mol. The molecule has 23 heavy (non-hydrogen) atoms. The predicted octanol–water partition coefficient (Wildman–Crippen LogP) is 3.07. The number of nitrogens with zero attached hydrogens (tertiary/aromatic N) is 1. The van der Waals surface area contributed by atoms with Crippen molar-refractivity contribution >= 4 is 10.0 Å². The Labute approximate surface area is 141 Å². The van der Waals surface area contributed by atoms with Gasteiger partial charge in [0.05, 0.1) is 5.75 Å². The van der Waals surface area contributed by atoms with E-state index in [9.17, 15) is 8.42 Å². The maximum absolute atomic E-state index is 12.2. The van der Waals surface area contributed by atoms with E-state index in [1.165, 1.54) is 25.7 Å². The smallest absolute Gasteiger partial charge is 0.215 e. The molecule has 0 bridgehead atoms. The molecule has 1 fully saturated rings. The Morgan fingerprint density at radius 1 is 1.26 bits per heavy atom. The van der Waals surface area contributed by atoms with Gasteiger partial charge in [-0.3, -0.25) is 0 Å². The number of aryl methyl sites for hydroxylation is 1. The summed E-state index contributed by atoms with van der Waals surface area (Å²) in [7, 11) is -3.25. The monoisotopic (exact) mass is 338 g/mol. The number of piperidine rings is 1. The molecule has 1 aliphatic rings. The van der Waals surface area contributed by atoms with Crippen LogP contribution in [-0.4, -0.2) is 39.0 Å². The van der Waals surface area contributed by atoms with E-state index in [-0.39, 0.29) is 5.75 Å². The van der Waals surface area contributed by atoms with Crippen LogP contribution < -0.4 is 4.72 Å². The summed E-state index contributed by atoms with van der Waals surface area (Å²) < 4.78 is 27.2. The fourth-order valence-electron chi connectivity index (χ4n) is 3.35. The van der Waals surface area contributed by atoms with E-state index < -0.39 is 10.0 Å². The highest BCUT2D eigenvalue weighted by Gasteiger charge is 2.20. The molecule has 0 aromatic heterocycles. The Balaban J connectivity index is 1.75. The summed E-state index contributed by atoms with van der Waals surface area (Å²) in [5, 5.41) is 0. The third-order valence-electron chi connectivity index (χ3n) is 4.77. The Morgan fingerprint density at radius 3 is 2.78 bits per heavy atom. The number of likely N-dealkylation sites (tertiary alicyclic amines) is 1. The van der Waals surface area contributed by atoms with Crippen LogP contribution >= 0.6 is 0 Å². The van der Waals surface area contributed by atoms with E-state index in [0.29, 0.717) is 12.6 Å². The van der Waals surface area contributed by atoms with E-state index in [0.717, 1.165) is 30.6 Å². The second kappa shape index (κ2) is 8.81. The van der Waals surface area contributed by atoms with Crippen LogP contribution in [-0.2, 0) is 15.8 Å². The van der Waals surface area contributed by atoms with Gasteiger partial charge in [-0.1, -0.05) is 37.6 Å². The normalized spacial score (nSPS) is 19.8. The van der Waals surface area contributed by atoms with Crippen molar-refractivity contribution in [1.29, 1.82) is 0 Å². The SMILES string of the molecule is CC[C@H]1CCCCN1CCCNS(=O)(=O)Cc1ccccc1C. The zero-order valence-corrected chi connectivity index (χ0v) is 15.2. The molecule has 0 aliphatic carbocycles. The molecule has 1 N–H and O–H groups in total. The zero-order valence-electron chi connectivity index (χ0n) is 14.4. The maximum atomic E-state index is 12.2. The molecule has 1 saturated heterocycles. The van der Waals surface area contributed by atoms with Gasteiger partial charge in [-0.25, -0.2) is 13.1 Å². The number of nitrogens with one attached hydrogen (secondary N) is 1. The number of rotatable bonds is 8. The first kappa shape index (κ1) is 18.4. The van der Waals surface area contributed by atoms with Crippen molar-refractivity contribution in [1.82, 2.24) is 9.62 Å². The van der Waals surface area contributed by atoms with Crippen LogP contribution in [0.5, 0.6) is 0 Å². The largest absolute Gasteiger partial charge is 0.300 e. The molecule has 4 nitrogen and oxygen atoms in total. The molecule has 1 aromatic carbocycles. The van der Waals surface area contributed by atoms with Crippen molar-refractivity contribution in [3.63, 3.8) is 0 Å². The molecule has 1 atom stereocenters. The lowest BCUT2D eigenvalue weighted by atomic mass is 10.00. The van der Waals surface area contributed by atoms with E-state index in [1.807, 2.05) is 31.2 Å². The fraction of sp³-hybridized carbons (Fsp3) is 0.667. The fourth-order valence-corrected chi connectivity index (χ4v) is 4.65. The van der Waals surface area contributed by atoms with Crippen molar-refractivity contribution in [2.24, 2.45) is 0 Å². The van der Waals surface area contributed by atoms with Crippen LogP contribution in [0.15, 0.2) is 24.3 Å². The van der Waals surface area contributed by atoms with Gasteiger partial charge in [0.2, 0.25) is 10.0 Å². The van der Waals surface area contributed by atoms with Crippen molar-refractivity contribution in [3.05, 3.63) is 35.4 Å². The van der Waals surface area contributed by atoms with Crippen LogP contribution in [0.4, 0.5) is 0 Å². The summed E-state index contributed by atoms with van der Waals surface area (Å²) in [6, 6.07) is 8.34. The predicted molar refractivity (Wildman–Crippen MR) is 95.9 cm³/mol. The van der Waals surface area contributed by atoms with Crippen LogP contribution in [0.25, 0.3) is 0 Å². The number of hydrogen-bond acceptors (Lipinski definition) is 3. The maximum Gasteiger partial charge on any atom is 0.215 e. The Kier molecular flexibility index (Phi) is 7.06. The summed E-state index contributed by atoms with van der Waals surface area (Å²) in [6.07, 6.45) is 5.96. The highest BCUT2D eigenvalue weighted by atomic mass is 32.2. The molecule has 1 aromatic rings. The molecule has 1 heterocycles. The highest BCUT2D eigenvalue weighted by Crippen LogP contribution is 2.19. The Bertz CT molecular complexity index is 586.